The first-order valence-electron chi connectivity index (χ1n) is 6.36. The third kappa shape index (κ3) is 5.94. The zero-order valence-electron chi connectivity index (χ0n) is 11.5. The fourth-order valence-corrected chi connectivity index (χ4v) is 1.71. The van der Waals surface area contributed by atoms with Gasteiger partial charge in [-0.3, -0.25) is 4.79 Å². The van der Waals surface area contributed by atoms with Crippen molar-refractivity contribution in [1.29, 1.82) is 0 Å². The van der Waals surface area contributed by atoms with Crippen LogP contribution in [0.1, 0.15) is 36.5 Å². The Morgan fingerprint density at radius 3 is 2.47 bits per heavy atom. The number of nitrogens with one attached hydrogen (secondary N) is 1. The number of methoxy groups -OCH3 is 1. The maximum atomic E-state index is 12.0. The van der Waals surface area contributed by atoms with Gasteiger partial charge in [0.25, 0.3) is 5.91 Å². The number of hydrogen-bond donors (Lipinski definition) is 2. The molecule has 4 nitrogen and oxygen atoms in total. The summed E-state index contributed by atoms with van der Waals surface area (Å²) in [5.41, 5.74) is 6.28. The second-order valence-corrected chi connectivity index (χ2v) is 4.28. The number of nitrogens with two attached hydrogens (primary N) is 1. The van der Waals surface area contributed by atoms with Crippen LogP contribution in [-0.2, 0) is 0 Å². The average Bonchev–Trinajstić information content (AvgIpc) is 2.43. The number of rotatable bonds is 7. The third-order valence-corrected chi connectivity index (χ3v) is 2.88. The van der Waals surface area contributed by atoms with Crippen LogP contribution >= 0.6 is 12.4 Å². The predicted molar refractivity (Wildman–Crippen MR) is 80.1 cm³/mol. The second kappa shape index (κ2) is 9.64. The smallest absolute Gasteiger partial charge is 0.251 e. The molecule has 0 aliphatic carbocycles. The lowest BCUT2D eigenvalue weighted by molar-refractivity contribution is 0.0935. The molecule has 0 fully saturated rings. The second-order valence-electron chi connectivity index (χ2n) is 4.28. The van der Waals surface area contributed by atoms with E-state index in [1.807, 2.05) is 0 Å². The molecule has 0 heterocycles. The van der Waals surface area contributed by atoms with Gasteiger partial charge in [0.15, 0.2) is 0 Å². The van der Waals surface area contributed by atoms with Crippen LogP contribution in [0, 0.1) is 0 Å². The highest BCUT2D eigenvalue weighted by Gasteiger charge is 2.11. The summed E-state index contributed by atoms with van der Waals surface area (Å²) in [6.07, 6.45) is 3.11. The third-order valence-electron chi connectivity index (χ3n) is 2.88. The molecule has 3 N–H and O–H groups in total. The average molecular weight is 287 g/mol. The summed E-state index contributed by atoms with van der Waals surface area (Å²) in [5, 5.41) is 2.95. The monoisotopic (exact) mass is 286 g/mol. The summed E-state index contributed by atoms with van der Waals surface area (Å²) < 4.78 is 5.05. The van der Waals surface area contributed by atoms with E-state index in [4.69, 9.17) is 10.5 Å². The number of carbonyl (C=O) groups is 1. The first-order chi connectivity index (χ1) is 8.71. The molecule has 5 heteroatoms. The highest BCUT2D eigenvalue weighted by Crippen LogP contribution is 2.11. The molecule has 0 spiro atoms. The minimum absolute atomic E-state index is 0. The van der Waals surface area contributed by atoms with Gasteiger partial charge in [-0.25, -0.2) is 0 Å². The highest BCUT2D eigenvalue weighted by molar-refractivity contribution is 5.94. The number of hydrogen-bond acceptors (Lipinski definition) is 3. The van der Waals surface area contributed by atoms with E-state index in [2.05, 4.69) is 12.2 Å². The Bertz CT molecular complexity index is 368. The Hall–Kier alpha value is -1.26. The summed E-state index contributed by atoms with van der Waals surface area (Å²) in [6.45, 7) is 2.60. The van der Waals surface area contributed by atoms with Gasteiger partial charge in [-0.05, 0) is 30.7 Å². The first kappa shape index (κ1) is 17.7. The van der Waals surface area contributed by atoms with E-state index in [1.165, 1.54) is 0 Å². The first-order valence-corrected chi connectivity index (χ1v) is 6.36. The SMILES string of the molecule is CCCCC(CN)NC(=O)c1ccc(OC)cc1.Cl. The van der Waals surface area contributed by atoms with Crippen LogP contribution in [0.4, 0.5) is 0 Å². The van der Waals surface area contributed by atoms with Crippen molar-refractivity contribution < 1.29 is 9.53 Å². The summed E-state index contributed by atoms with van der Waals surface area (Å²) >= 11 is 0. The molecular formula is C14H23ClN2O2. The molecule has 19 heavy (non-hydrogen) atoms. The van der Waals surface area contributed by atoms with Crippen molar-refractivity contribution in [2.24, 2.45) is 5.73 Å². The van der Waals surface area contributed by atoms with Gasteiger partial charge in [0, 0.05) is 18.2 Å². The largest absolute Gasteiger partial charge is 0.497 e. The summed E-state index contributed by atoms with van der Waals surface area (Å²) in [7, 11) is 1.60. The molecule has 1 rings (SSSR count). The van der Waals surface area contributed by atoms with E-state index < -0.39 is 0 Å². The van der Waals surface area contributed by atoms with Crippen LogP contribution in [0.15, 0.2) is 24.3 Å². The van der Waals surface area contributed by atoms with Crippen molar-refractivity contribution >= 4 is 18.3 Å². The Morgan fingerprint density at radius 2 is 2.00 bits per heavy atom. The maximum absolute atomic E-state index is 12.0. The lowest BCUT2D eigenvalue weighted by Crippen LogP contribution is -2.40. The summed E-state index contributed by atoms with van der Waals surface area (Å²) in [4.78, 5) is 12.0. The normalized spacial score (nSPS) is 11.3. The van der Waals surface area contributed by atoms with Gasteiger partial charge >= 0.3 is 0 Å². The van der Waals surface area contributed by atoms with E-state index in [9.17, 15) is 4.79 Å². The number of ether oxygens (including phenoxy) is 1. The Kier molecular flexibility index (Phi) is 9.00. The Labute approximate surface area is 121 Å². The van der Waals surface area contributed by atoms with Crippen molar-refractivity contribution in [3.05, 3.63) is 29.8 Å². The van der Waals surface area contributed by atoms with E-state index in [-0.39, 0.29) is 24.4 Å². The molecule has 108 valence electrons. The van der Waals surface area contributed by atoms with Crippen LogP contribution in [-0.4, -0.2) is 25.6 Å². The molecule has 0 aliphatic rings. The zero-order chi connectivity index (χ0) is 13.4. The Balaban J connectivity index is 0.00000324. The molecular weight excluding hydrogens is 264 g/mol. The van der Waals surface area contributed by atoms with E-state index in [0.717, 1.165) is 25.0 Å². The van der Waals surface area contributed by atoms with E-state index >= 15 is 0 Å². The number of unbranched alkanes of at least 4 members (excludes halogenated alkanes) is 1. The van der Waals surface area contributed by atoms with Gasteiger partial charge in [-0.2, -0.15) is 0 Å². The molecule has 0 aliphatic heterocycles. The Morgan fingerprint density at radius 1 is 1.37 bits per heavy atom. The lowest BCUT2D eigenvalue weighted by atomic mass is 10.1. The lowest BCUT2D eigenvalue weighted by Gasteiger charge is -2.16. The van der Waals surface area contributed by atoms with Gasteiger partial charge in [0.05, 0.1) is 7.11 Å². The maximum Gasteiger partial charge on any atom is 0.251 e. The molecule has 1 aromatic rings. The minimum Gasteiger partial charge on any atom is -0.497 e. The van der Waals surface area contributed by atoms with Gasteiger partial charge in [0.2, 0.25) is 0 Å². The molecule has 0 aromatic heterocycles. The summed E-state index contributed by atoms with van der Waals surface area (Å²) in [5.74, 6) is 0.664. The van der Waals surface area contributed by atoms with Crippen molar-refractivity contribution in [3.8, 4) is 5.75 Å². The quantitative estimate of drug-likeness (QED) is 0.809. The van der Waals surface area contributed by atoms with Crippen molar-refractivity contribution in [1.82, 2.24) is 5.32 Å². The van der Waals surface area contributed by atoms with Gasteiger partial charge in [0.1, 0.15) is 5.75 Å². The van der Waals surface area contributed by atoms with Gasteiger partial charge in [-0.1, -0.05) is 19.8 Å². The number of halogens is 1. The molecule has 1 amide bonds. The van der Waals surface area contributed by atoms with Gasteiger partial charge < -0.3 is 15.8 Å². The molecule has 1 unspecified atom stereocenters. The van der Waals surface area contributed by atoms with Crippen molar-refractivity contribution in [2.45, 2.75) is 32.2 Å². The molecule has 0 radical (unpaired) electrons. The number of carbonyl (C=O) groups excluding carboxylic acids is 1. The van der Waals surface area contributed by atoms with Crippen LogP contribution in [0.3, 0.4) is 0 Å². The molecule has 1 aromatic carbocycles. The van der Waals surface area contributed by atoms with Crippen molar-refractivity contribution in [3.63, 3.8) is 0 Å². The fraction of sp³-hybridized carbons (Fsp3) is 0.500. The van der Waals surface area contributed by atoms with Crippen LogP contribution < -0.4 is 15.8 Å². The number of benzene rings is 1. The molecule has 0 saturated heterocycles. The summed E-state index contributed by atoms with van der Waals surface area (Å²) in [6, 6.07) is 7.11. The van der Waals surface area contributed by atoms with Crippen LogP contribution in [0.25, 0.3) is 0 Å². The highest BCUT2D eigenvalue weighted by atomic mass is 35.5. The van der Waals surface area contributed by atoms with Gasteiger partial charge in [-0.15, -0.1) is 12.4 Å². The van der Waals surface area contributed by atoms with Crippen molar-refractivity contribution in [2.75, 3.05) is 13.7 Å². The molecule has 0 saturated carbocycles. The minimum atomic E-state index is -0.0794. The van der Waals surface area contributed by atoms with E-state index in [1.54, 1.807) is 31.4 Å². The number of amides is 1. The molecule has 0 bridgehead atoms. The standard InChI is InChI=1S/C14H22N2O2.ClH/c1-3-4-5-12(10-15)16-14(17)11-6-8-13(18-2)9-7-11;/h6-9,12H,3-5,10,15H2,1-2H3,(H,16,17);1H. The van der Waals surface area contributed by atoms with Crippen LogP contribution in [0.5, 0.6) is 5.75 Å². The predicted octanol–water partition coefficient (Wildman–Crippen LogP) is 2.36. The topological polar surface area (TPSA) is 64.3 Å². The molecule has 1 atom stereocenters. The zero-order valence-corrected chi connectivity index (χ0v) is 12.3. The van der Waals surface area contributed by atoms with Crippen LogP contribution in [0.2, 0.25) is 0 Å². The van der Waals surface area contributed by atoms with E-state index in [0.29, 0.717) is 12.1 Å². The fourth-order valence-electron chi connectivity index (χ4n) is 1.71.